The number of hydrogen-bond acceptors (Lipinski definition) is 3. The monoisotopic (exact) mass is 327 g/mol. The van der Waals surface area contributed by atoms with Crippen LogP contribution in [0.15, 0.2) is 34.7 Å². The summed E-state index contributed by atoms with van der Waals surface area (Å²) in [6, 6.07) is 8.83. The molecule has 5 heteroatoms. The van der Waals surface area contributed by atoms with Gasteiger partial charge in [-0.15, -0.1) is 0 Å². The van der Waals surface area contributed by atoms with E-state index in [4.69, 9.17) is 4.42 Å². The van der Waals surface area contributed by atoms with Crippen LogP contribution in [0.3, 0.4) is 0 Å². The molecule has 5 nitrogen and oxygen atoms in total. The molecule has 0 spiro atoms. The average Bonchev–Trinajstić information content (AvgIpc) is 3.25. The minimum Gasteiger partial charge on any atom is -0.480 e. The van der Waals surface area contributed by atoms with E-state index in [1.54, 1.807) is 11.8 Å². The van der Waals surface area contributed by atoms with Crippen molar-refractivity contribution in [1.82, 2.24) is 4.90 Å². The predicted octanol–water partition coefficient (Wildman–Crippen LogP) is 3.25. The first-order valence-corrected chi connectivity index (χ1v) is 8.58. The van der Waals surface area contributed by atoms with Gasteiger partial charge in [0.15, 0.2) is 0 Å². The van der Waals surface area contributed by atoms with Gasteiger partial charge < -0.3 is 14.4 Å². The number of hydrogen-bond donors (Lipinski definition) is 1. The third-order valence-corrected chi connectivity index (χ3v) is 5.67. The van der Waals surface area contributed by atoms with Gasteiger partial charge in [-0.1, -0.05) is 24.6 Å². The van der Waals surface area contributed by atoms with Crippen LogP contribution >= 0.6 is 0 Å². The summed E-state index contributed by atoms with van der Waals surface area (Å²) < 4.78 is 5.81. The SMILES string of the molecule is CC(C(=O)N1CC2CCCC2C1C(=O)O)c1cc2ccccc2o1. The Kier molecular flexibility index (Phi) is 3.59. The Balaban J connectivity index is 1.61. The smallest absolute Gasteiger partial charge is 0.326 e. The summed E-state index contributed by atoms with van der Waals surface area (Å²) in [7, 11) is 0. The van der Waals surface area contributed by atoms with E-state index in [9.17, 15) is 14.7 Å². The third-order valence-electron chi connectivity index (χ3n) is 5.67. The van der Waals surface area contributed by atoms with Gasteiger partial charge >= 0.3 is 5.97 Å². The van der Waals surface area contributed by atoms with Crippen LogP contribution in [-0.2, 0) is 9.59 Å². The highest BCUT2D eigenvalue weighted by molar-refractivity contribution is 5.89. The molecular formula is C19H21NO4. The second kappa shape index (κ2) is 5.65. The Bertz CT molecular complexity index is 763. The summed E-state index contributed by atoms with van der Waals surface area (Å²) in [5.41, 5.74) is 0.750. The van der Waals surface area contributed by atoms with Crippen molar-refractivity contribution >= 4 is 22.8 Å². The van der Waals surface area contributed by atoms with Crippen LogP contribution in [0, 0.1) is 11.8 Å². The first-order chi connectivity index (χ1) is 11.6. The summed E-state index contributed by atoms with van der Waals surface area (Å²) in [5, 5.41) is 10.6. The van der Waals surface area contributed by atoms with E-state index in [1.165, 1.54) is 0 Å². The van der Waals surface area contributed by atoms with Crippen LogP contribution in [0.1, 0.15) is 37.9 Å². The zero-order valence-corrected chi connectivity index (χ0v) is 13.6. The molecule has 126 valence electrons. The predicted molar refractivity (Wildman–Crippen MR) is 88.6 cm³/mol. The van der Waals surface area contributed by atoms with E-state index in [0.29, 0.717) is 18.2 Å². The average molecular weight is 327 g/mol. The molecule has 2 fully saturated rings. The Hall–Kier alpha value is -2.30. The standard InChI is InChI=1S/C19H21NO4/c1-11(16-9-12-5-2-3-8-15(12)24-16)18(21)20-10-13-6-4-7-14(13)17(20)19(22)23/h2-3,5,8-9,11,13-14,17H,4,6-7,10H2,1H3,(H,22,23). The second-order valence-corrected chi connectivity index (χ2v) is 7.04. The topological polar surface area (TPSA) is 70.8 Å². The number of aliphatic carboxylic acids is 1. The number of likely N-dealkylation sites (tertiary alicyclic amines) is 1. The maximum atomic E-state index is 13.0. The number of furan rings is 1. The van der Waals surface area contributed by atoms with Gasteiger partial charge in [0.05, 0.1) is 5.92 Å². The number of amides is 1. The van der Waals surface area contributed by atoms with Gasteiger partial charge in [0.25, 0.3) is 0 Å². The number of carboxylic acid groups (broad SMARTS) is 1. The van der Waals surface area contributed by atoms with Crippen molar-refractivity contribution in [3.8, 4) is 0 Å². The Labute approximate surface area is 140 Å². The van der Waals surface area contributed by atoms with Crippen molar-refractivity contribution in [2.45, 2.75) is 38.1 Å². The van der Waals surface area contributed by atoms with Crippen LogP contribution in [0.25, 0.3) is 11.0 Å². The summed E-state index contributed by atoms with van der Waals surface area (Å²) in [5.74, 6) is -0.460. The van der Waals surface area contributed by atoms with Gasteiger partial charge in [-0.2, -0.15) is 0 Å². The fourth-order valence-corrected chi connectivity index (χ4v) is 4.43. The van der Waals surface area contributed by atoms with E-state index >= 15 is 0 Å². The fourth-order valence-electron chi connectivity index (χ4n) is 4.43. The van der Waals surface area contributed by atoms with Crippen LogP contribution < -0.4 is 0 Å². The third kappa shape index (κ3) is 2.30. The van der Waals surface area contributed by atoms with Crippen molar-refractivity contribution < 1.29 is 19.1 Å². The number of carbonyl (C=O) groups excluding carboxylic acids is 1. The molecular weight excluding hydrogens is 306 g/mol. The lowest BCUT2D eigenvalue weighted by Crippen LogP contribution is -2.44. The highest BCUT2D eigenvalue weighted by Gasteiger charge is 2.50. The summed E-state index contributed by atoms with van der Waals surface area (Å²) in [4.78, 5) is 26.3. The van der Waals surface area contributed by atoms with Crippen LogP contribution in [0.4, 0.5) is 0 Å². The minimum absolute atomic E-state index is 0.106. The van der Waals surface area contributed by atoms with Gasteiger partial charge in [0.1, 0.15) is 17.4 Å². The van der Waals surface area contributed by atoms with E-state index < -0.39 is 17.9 Å². The van der Waals surface area contributed by atoms with E-state index in [1.807, 2.05) is 30.3 Å². The number of fused-ring (bicyclic) bond motifs is 2. The van der Waals surface area contributed by atoms with E-state index in [-0.39, 0.29) is 11.8 Å². The largest absolute Gasteiger partial charge is 0.480 e. The Morgan fingerprint density at radius 1 is 1.29 bits per heavy atom. The van der Waals surface area contributed by atoms with Crippen molar-refractivity contribution in [3.63, 3.8) is 0 Å². The van der Waals surface area contributed by atoms with Gasteiger partial charge in [-0.3, -0.25) is 4.79 Å². The van der Waals surface area contributed by atoms with E-state index in [2.05, 4.69) is 0 Å². The number of para-hydroxylation sites is 1. The lowest BCUT2D eigenvalue weighted by Gasteiger charge is -2.26. The van der Waals surface area contributed by atoms with Crippen molar-refractivity contribution in [2.24, 2.45) is 11.8 Å². The molecule has 4 unspecified atom stereocenters. The van der Waals surface area contributed by atoms with Crippen LogP contribution in [0.5, 0.6) is 0 Å². The molecule has 2 aromatic rings. The van der Waals surface area contributed by atoms with Crippen molar-refractivity contribution in [3.05, 3.63) is 36.1 Å². The molecule has 1 saturated heterocycles. The van der Waals surface area contributed by atoms with Gasteiger partial charge in [0.2, 0.25) is 5.91 Å². The normalized spacial score (nSPS) is 27.4. The molecule has 1 aliphatic heterocycles. The first-order valence-electron chi connectivity index (χ1n) is 8.58. The maximum absolute atomic E-state index is 13.0. The molecule has 1 N–H and O–H groups in total. The molecule has 24 heavy (non-hydrogen) atoms. The quantitative estimate of drug-likeness (QED) is 0.939. The summed E-state index contributed by atoms with van der Waals surface area (Å²) in [6.07, 6.45) is 3.00. The molecule has 2 heterocycles. The lowest BCUT2D eigenvalue weighted by molar-refractivity contribution is -0.150. The van der Waals surface area contributed by atoms with Crippen molar-refractivity contribution in [2.75, 3.05) is 6.54 Å². The molecule has 1 aromatic heterocycles. The number of carboxylic acids is 1. The van der Waals surface area contributed by atoms with Gasteiger partial charge in [-0.25, -0.2) is 4.79 Å². The summed E-state index contributed by atoms with van der Waals surface area (Å²) >= 11 is 0. The number of rotatable bonds is 3. The summed E-state index contributed by atoms with van der Waals surface area (Å²) in [6.45, 7) is 2.36. The van der Waals surface area contributed by atoms with Crippen LogP contribution in [0.2, 0.25) is 0 Å². The van der Waals surface area contributed by atoms with E-state index in [0.717, 1.165) is 30.2 Å². The Morgan fingerprint density at radius 2 is 2.08 bits per heavy atom. The molecule has 4 atom stereocenters. The van der Waals surface area contributed by atoms with Crippen molar-refractivity contribution in [1.29, 1.82) is 0 Å². The molecule has 0 radical (unpaired) electrons. The maximum Gasteiger partial charge on any atom is 0.326 e. The molecule has 1 saturated carbocycles. The first kappa shape index (κ1) is 15.2. The molecule has 0 bridgehead atoms. The zero-order valence-electron chi connectivity index (χ0n) is 13.6. The second-order valence-electron chi connectivity index (χ2n) is 7.04. The highest BCUT2D eigenvalue weighted by Crippen LogP contribution is 2.43. The highest BCUT2D eigenvalue weighted by atomic mass is 16.4. The minimum atomic E-state index is -0.880. The van der Waals surface area contributed by atoms with Gasteiger partial charge in [-0.05, 0) is 43.7 Å². The molecule has 1 aromatic carbocycles. The Morgan fingerprint density at radius 3 is 2.83 bits per heavy atom. The number of benzene rings is 1. The van der Waals surface area contributed by atoms with Crippen LogP contribution in [-0.4, -0.2) is 34.5 Å². The molecule has 4 rings (SSSR count). The molecule has 1 aliphatic carbocycles. The molecule has 1 amide bonds. The lowest BCUT2D eigenvalue weighted by atomic mass is 9.94. The fraction of sp³-hybridized carbons (Fsp3) is 0.474. The molecule has 2 aliphatic rings. The van der Waals surface area contributed by atoms with Gasteiger partial charge in [0, 0.05) is 11.9 Å². The number of carbonyl (C=O) groups is 2. The zero-order chi connectivity index (χ0) is 16.8. The number of nitrogens with zero attached hydrogens (tertiary/aromatic N) is 1.